The number of thiazole rings is 1. The Kier molecular flexibility index (Phi) is 8.06. The summed E-state index contributed by atoms with van der Waals surface area (Å²) in [6, 6.07) is 3.49. The molecule has 38 heavy (non-hydrogen) atoms. The summed E-state index contributed by atoms with van der Waals surface area (Å²) in [5, 5.41) is 0.264. The number of hydrogen-bond donors (Lipinski definition) is 0. The van der Waals surface area contributed by atoms with Crippen LogP contribution in [0.15, 0.2) is 18.3 Å². The number of carbonyl (C=O) groups is 2. The van der Waals surface area contributed by atoms with Crippen LogP contribution in [-0.2, 0) is 17.3 Å². The first-order valence-electron chi connectivity index (χ1n) is 13.3. The predicted molar refractivity (Wildman–Crippen MR) is 138 cm³/mol. The summed E-state index contributed by atoms with van der Waals surface area (Å²) in [6.45, 7) is 3.55. The van der Waals surface area contributed by atoms with E-state index in [9.17, 15) is 22.8 Å². The second-order valence-corrected chi connectivity index (χ2v) is 11.1. The van der Waals surface area contributed by atoms with Crippen LogP contribution < -0.4 is 9.80 Å². The molecular weight excluding hydrogens is 519 g/mol. The van der Waals surface area contributed by atoms with Crippen molar-refractivity contribution in [2.45, 2.75) is 63.6 Å². The first kappa shape index (κ1) is 26.7. The summed E-state index contributed by atoms with van der Waals surface area (Å²) in [4.78, 5) is 38.9. The number of pyridine rings is 1. The number of piperazine rings is 1. The Morgan fingerprint density at radius 3 is 2.29 bits per heavy atom. The Labute approximate surface area is 223 Å². The number of anilines is 2. The Morgan fingerprint density at radius 1 is 0.947 bits per heavy atom. The van der Waals surface area contributed by atoms with Gasteiger partial charge in [0.2, 0.25) is 0 Å². The number of halogens is 3. The van der Waals surface area contributed by atoms with E-state index in [1.165, 1.54) is 6.20 Å². The van der Waals surface area contributed by atoms with Crippen LogP contribution in [-0.4, -0.2) is 72.1 Å². The Morgan fingerprint density at radius 2 is 1.66 bits per heavy atom. The summed E-state index contributed by atoms with van der Waals surface area (Å²) in [5.74, 6) is 0.0909. The van der Waals surface area contributed by atoms with E-state index < -0.39 is 17.7 Å². The van der Waals surface area contributed by atoms with Gasteiger partial charge in [-0.05, 0) is 56.6 Å². The highest BCUT2D eigenvalue weighted by atomic mass is 32.1. The van der Waals surface area contributed by atoms with Crippen LogP contribution in [0, 0.1) is 0 Å². The Balaban J connectivity index is 1.19. The number of alkyl halides is 3. The zero-order valence-corrected chi connectivity index (χ0v) is 22.0. The van der Waals surface area contributed by atoms with Crippen LogP contribution in [0.1, 0.15) is 65.9 Å². The summed E-state index contributed by atoms with van der Waals surface area (Å²) in [7, 11) is 0. The molecule has 2 saturated heterocycles. The van der Waals surface area contributed by atoms with Gasteiger partial charge in [0.15, 0.2) is 16.6 Å². The fourth-order valence-electron chi connectivity index (χ4n) is 5.23. The second-order valence-electron chi connectivity index (χ2n) is 10.1. The average Bonchev–Trinajstić information content (AvgIpc) is 3.60. The van der Waals surface area contributed by atoms with Crippen LogP contribution in [0.5, 0.6) is 0 Å². The lowest BCUT2D eigenvalue weighted by atomic mass is 10.1. The molecule has 3 fully saturated rings. The number of hydrogen-bond acceptors (Lipinski definition) is 8. The van der Waals surface area contributed by atoms with Gasteiger partial charge in [0.25, 0.3) is 0 Å². The van der Waals surface area contributed by atoms with E-state index in [0.717, 1.165) is 56.3 Å². The lowest BCUT2D eigenvalue weighted by Gasteiger charge is -2.35. The number of nitrogens with zero attached hydrogens (tertiary/aromatic N) is 5. The molecule has 0 spiro atoms. The molecule has 4 heterocycles. The zero-order valence-electron chi connectivity index (χ0n) is 21.2. The van der Waals surface area contributed by atoms with Crippen molar-refractivity contribution in [1.29, 1.82) is 0 Å². The predicted octanol–water partition coefficient (Wildman–Crippen LogP) is 5.17. The summed E-state index contributed by atoms with van der Waals surface area (Å²) in [6.07, 6.45) is 3.37. The molecule has 0 unspecified atom stereocenters. The largest absolute Gasteiger partial charge is 0.446 e. The molecule has 2 aromatic rings. The molecule has 0 atom stereocenters. The fourth-order valence-corrected chi connectivity index (χ4v) is 6.30. The first-order valence-corrected chi connectivity index (χ1v) is 14.1. The first-order chi connectivity index (χ1) is 18.3. The van der Waals surface area contributed by atoms with Crippen LogP contribution in [0.2, 0.25) is 0 Å². The van der Waals surface area contributed by atoms with E-state index in [0.29, 0.717) is 50.6 Å². The molecule has 8 nitrogen and oxygen atoms in total. The molecule has 1 amide bonds. The SMILES string of the molecule is O=C(Cc1ccc(N2CCN(C(=O)OC3CCCC3)CC2)nc1)c1sc(N2CCCCC2)nc1C(F)(F)F. The number of carbonyl (C=O) groups excluding carboxylic acids is 2. The van der Waals surface area contributed by atoms with Crippen LogP contribution in [0.4, 0.5) is 28.9 Å². The highest BCUT2D eigenvalue weighted by molar-refractivity contribution is 7.17. The van der Waals surface area contributed by atoms with Crippen molar-refractivity contribution in [3.05, 3.63) is 34.5 Å². The number of rotatable bonds is 6. The highest BCUT2D eigenvalue weighted by Crippen LogP contribution is 2.38. The van der Waals surface area contributed by atoms with Crippen LogP contribution >= 0.6 is 11.3 Å². The van der Waals surface area contributed by atoms with E-state index in [4.69, 9.17) is 4.74 Å². The van der Waals surface area contributed by atoms with Crippen molar-refractivity contribution in [2.75, 3.05) is 49.1 Å². The van der Waals surface area contributed by atoms with Crippen molar-refractivity contribution >= 4 is 34.2 Å². The van der Waals surface area contributed by atoms with E-state index in [1.54, 1.807) is 17.0 Å². The number of piperidine rings is 1. The number of amides is 1. The third kappa shape index (κ3) is 6.22. The maximum atomic E-state index is 13.7. The van der Waals surface area contributed by atoms with Gasteiger partial charge in [-0.15, -0.1) is 0 Å². The van der Waals surface area contributed by atoms with Crippen LogP contribution in [0.25, 0.3) is 0 Å². The minimum absolute atomic E-state index is 0.0333. The standard InChI is InChI=1S/C26H32F3N5O3S/c27-26(28,29)23-22(38-24(31-23)33-10-4-1-5-11-33)20(35)16-18-8-9-21(30-17-18)32-12-14-34(15-13-32)25(36)37-19-6-2-3-7-19/h8-9,17,19H,1-7,10-16H2. The molecule has 2 aliphatic heterocycles. The fraction of sp³-hybridized carbons (Fsp3) is 0.615. The maximum absolute atomic E-state index is 13.7. The van der Waals surface area contributed by atoms with Crippen molar-refractivity contribution in [1.82, 2.24) is 14.9 Å². The van der Waals surface area contributed by atoms with Gasteiger partial charge in [-0.1, -0.05) is 17.4 Å². The molecule has 0 bridgehead atoms. The van der Waals surface area contributed by atoms with Crippen molar-refractivity contribution in [3.63, 3.8) is 0 Å². The molecule has 12 heteroatoms. The number of aromatic nitrogens is 2. The van der Waals surface area contributed by atoms with Gasteiger partial charge in [-0.3, -0.25) is 4.79 Å². The van der Waals surface area contributed by atoms with Gasteiger partial charge >= 0.3 is 12.3 Å². The molecule has 0 N–H and O–H groups in total. The Bertz CT molecular complexity index is 1120. The number of Topliss-reactive ketones (excluding diaryl/α,β-unsaturated/α-hetero) is 1. The molecule has 5 rings (SSSR count). The molecule has 206 valence electrons. The Hall–Kier alpha value is -2.89. The summed E-state index contributed by atoms with van der Waals surface area (Å²) < 4.78 is 46.7. The minimum atomic E-state index is -4.69. The number of ether oxygens (including phenoxy) is 1. The average molecular weight is 552 g/mol. The molecular formula is C26H32F3N5O3S. The lowest BCUT2D eigenvalue weighted by Crippen LogP contribution is -2.49. The van der Waals surface area contributed by atoms with Gasteiger partial charge in [-0.2, -0.15) is 13.2 Å². The third-order valence-corrected chi connectivity index (χ3v) is 8.53. The molecule has 1 saturated carbocycles. The minimum Gasteiger partial charge on any atom is -0.446 e. The molecule has 3 aliphatic rings. The van der Waals surface area contributed by atoms with Crippen molar-refractivity contribution < 1.29 is 27.5 Å². The van der Waals surface area contributed by atoms with E-state index in [2.05, 4.69) is 9.97 Å². The monoisotopic (exact) mass is 551 g/mol. The quantitative estimate of drug-likeness (QED) is 0.458. The second kappa shape index (κ2) is 11.5. The smallest absolute Gasteiger partial charge is 0.435 e. The van der Waals surface area contributed by atoms with E-state index in [1.807, 2.05) is 9.80 Å². The molecule has 0 radical (unpaired) electrons. The summed E-state index contributed by atoms with van der Waals surface area (Å²) >= 11 is 0.833. The van der Waals surface area contributed by atoms with Crippen molar-refractivity contribution in [3.8, 4) is 0 Å². The van der Waals surface area contributed by atoms with Crippen LogP contribution in [0.3, 0.4) is 0 Å². The van der Waals surface area contributed by atoms with Gasteiger partial charge in [0.1, 0.15) is 16.8 Å². The number of ketones is 1. The molecule has 0 aromatic carbocycles. The summed E-state index contributed by atoms with van der Waals surface area (Å²) in [5.41, 5.74) is -0.555. The normalized spacial score (nSPS) is 19.2. The lowest BCUT2D eigenvalue weighted by molar-refractivity contribution is -0.141. The highest BCUT2D eigenvalue weighted by Gasteiger charge is 2.40. The topological polar surface area (TPSA) is 78.9 Å². The maximum Gasteiger partial charge on any atom is 0.435 e. The van der Waals surface area contributed by atoms with Gasteiger partial charge in [0, 0.05) is 51.9 Å². The van der Waals surface area contributed by atoms with E-state index in [-0.39, 0.29) is 28.6 Å². The van der Waals surface area contributed by atoms with Gasteiger partial charge < -0.3 is 19.4 Å². The van der Waals surface area contributed by atoms with E-state index >= 15 is 0 Å². The van der Waals surface area contributed by atoms with Gasteiger partial charge in [0.05, 0.1) is 0 Å². The third-order valence-electron chi connectivity index (χ3n) is 7.37. The van der Waals surface area contributed by atoms with Crippen molar-refractivity contribution in [2.24, 2.45) is 0 Å². The molecule has 1 aliphatic carbocycles. The molecule has 2 aromatic heterocycles. The zero-order chi connectivity index (χ0) is 26.7. The van der Waals surface area contributed by atoms with Gasteiger partial charge in [-0.25, -0.2) is 14.8 Å².